The molecule has 1 amide bonds. The molecule has 0 aliphatic carbocycles. The summed E-state index contributed by atoms with van der Waals surface area (Å²) in [4.78, 5) is 21.6. The third-order valence-electron chi connectivity index (χ3n) is 6.82. The van der Waals surface area contributed by atoms with Gasteiger partial charge >= 0.3 is 6.18 Å². The van der Waals surface area contributed by atoms with E-state index in [0.29, 0.717) is 42.8 Å². The Kier molecular flexibility index (Phi) is 6.92. The summed E-state index contributed by atoms with van der Waals surface area (Å²) in [5.74, 6) is -0.442. The van der Waals surface area contributed by atoms with E-state index < -0.39 is 17.8 Å². The number of carbonyl (C=O) groups excluding carboxylic acids is 1. The zero-order valence-corrected chi connectivity index (χ0v) is 21.0. The maximum absolute atomic E-state index is 14.0. The van der Waals surface area contributed by atoms with Crippen LogP contribution in [-0.2, 0) is 12.7 Å². The Labute approximate surface area is 217 Å². The average molecular weight is 526 g/mol. The molecule has 4 aromatic rings. The molecule has 2 aromatic heterocycles. The van der Waals surface area contributed by atoms with Crippen molar-refractivity contribution in [2.45, 2.75) is 32.5 Å². The molecule has 1 aliphatic heterocycles. The summed E-state index contributed by atoms with van der Waals surface area (Å²) in [6.45, 7) is 6.49. The standard InChI is InChI=1S/C28H27F4N5O/c1-18(2)20-6-8-21(9-7-20)24-15-25(28(30,31)32)37-26(34-24)23(16-33-37)27(38)36-12-10-35(11-13-36)17-19-4-3-5-22(29)14-19/h3-9,14-16,18H,10-13,17H2,1-2H3. The second-order valence-corrected chi connectivity index (χ2v) is 9.79. The summed E-state index contributed by atoms with van der Waals surface area (Å²) in [6, 6.07) is 14.5. The molecule has 1 aliphatic rings. The molecule has 0 bridgehead atoms. The van der Waals surface area contributed by atoms with E-state index >= 15 is 0 Å². The lowest BCUT2D eigenvalue weighted by molar-refractivity contribution is -0.142. The van der Waals surface area contributed by atoms with Gasteiger partial charge in [0.05, 0.1) is 11.9 Å². The fraction of sp³-hybridized carbons (Fsp3) is 0.321. The SMILES string of the molecule is CC(C)c1ccc(-c2cc(C(F)(F)F)n3ncc(C(=O)N4CCN(Cc5cccc(F)c5)CC4)c3n2)cc1. The first-order valence-electron chi connectivity index (χ1n) is 12.4. The van der Waals surface area contributed by atoms with Crippen molar-refractivity contribution in [1.82, 2.24) is 24.4 Å². The van der Waals surface area contributed by atoms with Gasteiger partial charge in [-0.3, -0.25) is 9.69 Å². The lowest BCUT2D eigenvalue weighted by Crippen LogP contribution is -2.48. The second-order valence-electron chi connectivity index (χ2n) is 9.79. The zero-order chi connectivity index (χ0) is 27.0. The molecule has 0 atom stereocenters. The third kappa shape index (κ3) is 5.26. The Morgan fingerprint density at radius 3 is 2.34 bits per heavy atom. The highest BCUT2D eigenvalue weighted by Gasteiger charge is 2.36. The molecule has 0 radical (unpaired) electrons. The highest BCUT2D eigenvalue weighted by atomic mass is 19.4. The molecule has 10 heteroatoms. The van der Waals surface area contributed by atoms with Gasteiger partial charge in [-0.1, -0.05) is 50.2 Å². The Bertz CT molecular complexity index is 1450. The molecule has 2 aromatic carbocycles. The van der Waals surface area contributed by atoms with E-state index in [1.54, 1.807) is 23.1 Å². The molecule has 38 heavy (non-hydrogen) atoms. The van der Waals surface area contributed by atoms with E-state index in [4.69, 9.17) is 0 Å². The van der Waals surface area contributed by atoms with Gasteiger partial charge in [-0.15, -0.1) is 0 Å². The van der Waals surface area contributed by atoms with Gasteiger partial charge in [-0.25, -0.2) is 13.9 Å². The largest absolute Gasteiger partial charge is 0.433 e. The van der Waals surface area contributed by atoms with Crippen LogP contribution < -0.4 is 0 Å². The smallest absolute Gasteiger partial charge is 0.336 e. The van der Waals surface area contributed by atoms with Gasteiger partial charge in [-0.2, -0.15) is 18.3 Å². The van der Waals surface area contributed by atoms with Crippen molar-refractivity contribution in [2.75, 3.05) is 26.2 Å². The third-order valence-corrected chi connectivity index (χ3v) is 6.82. The van der Waals surface area contributed by atoms with Gasteiger partial charge in [0.15, 0.2) is 11.3 Å². The molecular weight excluding hydrogens is 498 g/mol. The minimum absolute atomic E-state index is 0.0229. The topological polar surface area (TPSA) is 53.7 Å². The van der Waals surface area contributed by atoms with E-state index in [9.17, 15) is 22.4 Å². The molecule has 0 spiro atoms. The van der Waals surface area contributed by atoms with Crippen LogP contribution in [0.3, 0.4) is 0 Å². The molecule has 1 fully saturated rings. The van der Waals surface area contributed by atoms with Crippen LogP contribution in [-0.4, -0.2) is 56.5 Å². The number of rotatable bonds is 5. The maximum atomic E-state index is 14.0. The van der Waals surface area contributed by atoms with Gasteiger partial charge in [-0.05, 0) is 35.2 Å². The van der Waals surface area contributed by atoms with Gasteiger partial charge in [0.2, 0.25) is 0 Å². The molecule has 5 rings (SSSR count). The van der Waals surface area contributed by atoms with E-state index in [0.717, 1.165) is 23.4 Å². The molecule has 6 nitrogen and oxygen atoms in total. The fourth-order valence-electron chi connectivity index (χ4n) is 4.68. The molecule has 0 saturated carbocycles. The second kappa shape index (κ2) is 10.2. The number of halogens is 4. The Hall–Kier alpha value is -3.79. The fourth-order valence-corrected chi connectivity index (χ4v) is 4.68. The Morgan fingerprint density at radius 1 is 1.00 bits per heavy atom. The molecule has 3 heterocycles. The predicted octanol–water partition coefficient (Wildman–Crippen LogP) is 5.64. The lowest BCUT2D eigenvalue weighted by Gasteiger charge is -2.34. The number of piperazine rings is 1. The summed E-state index contributed by atoms with van der Waals surface area (Å²) >= 11 is 0. The summed E-state index contributed by atoms with van der Waals surface area (Å²) in [5.41, 5.74) is 1.43. The molecule has 198 valence electrons. The predicted molar refractivity (Wildman–Crippen MR) is 135 cm³/mol. The van der Waals surface area contributed by atoms with Crippen LogP contribution in [0.1, 0.15) is 46.9 Å². The van der Waals surface area contributed by atoms with Crippen LogP contribution >= 0.6 is 0 Å². The van der Waals surface area contributed by atoms with Crippen molar-refractivity contribution < 1.29 is 22.4 Å². The molecular formula is C28H27F4N5O. The molecule has 0 unspecified atom stereocenters. The van der Waals surface area contributed by atoms with Crippen molar-refractivity contribution >= 4 is 11.6 Å². The zero-order valence-electron chi connectivity index (χ0n) is 21.0. The first-order valence-corrected chi connectivity index (χ1v) is 12.4. The average Bonchev–Trinajstić information content (AvgIpc) is 3.31. The first kappa shape index (κ1) is 25.8. The lowest BCUT2D eigenvalue weighted by atomic mass is 10.0. The minimum Gasteiger partial charge on any atom is -0.336 e. The number of fused-ring (bicyclic) bond motifs is 1. The minimum atomic E-state index is -4.69. The number of hydrogen-bond donors (Lipinski definition) is 0. The highest BCUT2D eigenvalue weighted by molar-refractivity contribution is 6.00. The van der Waals surface area contributed by atoms with Crippen molar-refractivity contribution in [1.29, 1.82) is 0 Å². The van der Waals surface area contributed by atoms with Crippen molar-refractivity contribution in [3.63, 3.8) is 0 Å². The van der Waals surface area contributed by atoms with Crippen LogP contribution in [0.4, 0.5) is 17.6 Å². The van der Waals surface area contributed by atoms with Crippen molar-refractivity contribution in [2.24, 2.45) is 0 Å². The number of amides is 1. The van der Waals surface area contributed by atoms with Crippen LogP contribution in [0.15, 0.2) is 60.8 Å². The quantitative estimate of drug-likeness (QED) is 0.317. The number of alkyl halides is 3. The number of benzene rings is 2. The Balaban J connectivity index is 1.41. The van der Waals surface area contributed by atoms with Crippen LogP contribution in [0, 0.1) is 5.82 Å². The van der Waals surface area contributed by atoms with E-state index in [-0.39, 0.29) is 28.6 Å². The van der Waals surface area contributed by atoms with Crippen LogP contribution in [0.2, 0.25) is 0 Å². The number of aromatic nitrogens is 3. The van der Waals surface area contributed by atoms with Crippen molar-refractivity contribution in [3.05, 3.63) is 89.0 Å². The van der Waals surface area contributed by atoms with Gasteiger partial charge in [0.25, 0.3) is 5.91 Å². The maximum Gasteiger partial charge on any atom is 0.433 e. The van der Waals surface area contributed by atoms with E-state index in [1.807, 2.05) is 32.0 Å². The normalized spacial score (nSPS) is 15.0. The van der Waals surface area contributed by atoms with Gasteiger partial charge in [0, 0.05) is 38.3 Å². The Morgan fingerprint density at radius 2 is 1.71 bits per heavy atom. The summed E-state index contributed by atoms with van der Waals surface area (Å²) < 4.78 is 56.1. The van der Waals surface area contributed by atoms with Crippen LogP contribution in [0.5, 0.6) is 0 Å². The number of carbonyl (C=O) groups is 1. The number of hydrogen-bond acceptors (Lipinski definition) is 4. The van der Waals surface area contributed by atoms with Gasteiger partial charge < -0.3 is 4.90 Å². The monoisotopic (exact) mass is 525 g/mol. The van der Waals surface area contributed by atoms with Crippen molar-refractivity contribution in [3.8, 4) is 11.3 Å². The molecule has 0 N–H and O–H groups in total. The van der Waals surface area contributed by atoms with Crippen LogP contribution in [0.25, 0.3) is 16.9 Å². The van der Waals surface area contributed by atoms with E-state index in [2.05, 4.69) is 15.0 Å². The summed E-state index contributed by atoms with van der Waals surface area (Å²) in [5, 5.41) is 3.89. The number of nitrogens with zero attached hydrogens (tertiary/aromatic N) is 5. The van der Waals surface area contributed by atoms with E-state index in [1.165, 1.54) is 12.1 Å². The van der Waals surface area contributed by atoms with Gasteiger partial charge in [0.1, 0.15) is 11.4 Å². The summed E-state index contributed by atoms with van der Waals surface area (Å²) in [7, 11) is 0. The first-order chi connectivity index (χ1) is 18.1. The molecule has 1 saturated heterocycles. The highest BCUT2D eigenvalue weighted by Crippen LogP contribution is 2.33. The summed E-state index contributed by atoms with van der Waals surface area (Å²) in [6.07, 6.45) is -3.53.